The van der Waals surface area contributed by atoms with Crippen LogP contribution in [0.4, 0.5) is 4.39 Å². The van der Waals surface area contributed by atoms with Crippen LogP contribution in [-0.2, 0) is 11.3 Å². The van der Waals surface area contributed by atoms with E-state index in [-0.39, 0.29) is 11.9 Å². The summed E-state index contributed by atoms with van der Waals surface area (Å²) < 4.78 is 18.9. The monoisotopic (exact) mass is 297 g/mol. The molecule has 0 unspecified atom stereocenters. The van der Waals surface area contributed by atoms with Gasteiger partial charge < -0.3 is 4.74 Å². The molecule has 1 aliphatic heterocycles. The summed E-state index contributed by atoms with van der Waals surface area (Å²) in [6.07, 6.45) is -0.0390. The van der Waals surface area contributed by atoms with Crippen molar-refractivity contribution in [3.8, 4) is 0 Å². The zero-order valence-corrected chi connectivity index (χ0v) is 12.5. The Bertz CT molecular complexity index is 624. The molecule has 22 heavy (non-hydrogen) atoms. The maximum absolute atomic E-state index is 13.0. The number of hydrogen-bond donors (Lipinski definition) is 0. The Balaban J connectivity index is 1.65. The summed E-state index contributed by atoms with van der Waals surface area (Å²) in [5, 5.41) is 0. The summed E-state index contributed by atoms with van der Waals surface area (Å²) in [6.45, 7) is 7.48. The molecular formula is C19H20FNO. The van der Waals surface area contributed by atoms with Crippen molar-refractivity contribution < 1.29 is 9.13 Å². The Labute approximate surface area is 130 Å². The van der Waals surface area contributed by atoms with Crippen molar-refractivity contribution >= 4 is 5.57 Å². The van der Waals surface area contributed by atoms with Crippen LogP contribution in [0.3, 0.4) is 0 Å². The van der Waals surface area contributed by atoms with E-state index in [0.717, 1.165) is 30.8 Å². The Kier molecular flexibility index (Phi) is 4.66. The molecule has 0 amide bonds. The topological polar surface area (TPSA) is 12.5 Å². The van der Waals surface area contributed by atoms with Crippen LogP contribution >= 0.6 is 0 Å². The molecule has 2 nitrogen and oxygen atoms in total. The van der Waals surface area contributed by atoms with Gasteiger partial charge in [0, 0.05) is 19.6 Å². The van der Waals surface area contributed by atoms with E-state index in [2.05, 4.69) is 35.7 Å². The van der Waals surface area contributed by atoms with Crippen LogP contribution in [0, 0.1) is 5.82 Å². The molecule has 1 aliphatic rings. The third-order valence-electron chi connectivity index (χ3n) is 4.00. The van der Waals surface area contributed by atoms with E-state index in [9.17, 15) is 4.39 Å². The SMILES string of the molecule is C=C(c1ccc(F)cc1)[C@H]1CN(Cc2ccccc2)CCO1. The number of benzene rings is 2. The van der Waals surface area contributed by atoms with Crippen LogP contribution in [0.1, 0.15) is 11.1 Å². The number of hydrogen-bond acceptors (Lipinski definition) is 2. The van der Waals surface area contributed by atoms with E-state index in [4.69, 9.17) is 4.74 Å². The summed E-state index contributed by atoms with van der Waals surface area (Å²) in [5.41, 5.74) is 3.15. The second kappa shape index (κ2) is 6.86. The fraction of sp³-hybridized carbons (Fsp3) is 0.263. The van der Waals surface area contributed by atoms with E-state index in [1.807, 2.05) is 6.07 Å². The largest absolute Gasteiger partial charge is 0.371 e. The lowest BCUT2D eigenvalue weighted by atomic mass is 10.0. The maximum atomic E-state index is 13.0. The summed E-state index contributed by atoms with van der Waals surface area (Å²) in [4.78, 5) is 2.37. The highest BCUT2D eigenvalue weighted by Crippen LogP contribution is 2.23. The third kappa shape index (κ3) is 3.62. The van der Waals surface area contributed by atoms with Gasteiger partial charge in [0.05, 0.1) is 12.7 Å². The minimum Gasteiger partial charge on any atom is -0.371 e. The molecule has 0 spiro atoms. The zero-order chi connectivity index (χ0) is 15.4. The van der Waals surface area contributed by atoms with Gasteiger partial charge in [-0.15, -0.1) is 0 Å². The summed E-state index contributed by atoms with van der Waals surface area (Å²) >= 11 is 0. The first-order valence-electron chi connectivity index (χ1n) is 7.55. The third-order valence-corrected chi connectivity index (χ3v) is 4.00. The van der Waals surface area contributed by atoms with Gasteiger partial charge in [0.15, 0.2) is 0 Å². The Morgan fingerprint density at radius 2 is 1.86 bits per heavy atom. The quantitative estimate of drug-likeness (QED) is 0.852. The van der Waals surface area contributed by atoms with E-state index < -0.39 is 0 Å². The van der Waals surface area contributed by atoms with E-state index in [1.54, 1.807) is 12.1 Å². The van der Waals surface area contributed by atoms with E-state index >= 15 is 0 Å². The van der Waals surface area contributed by atoms with Crippen LogP contribution in [0.2, 0.25) is 0 Å². The summed E-state index contributed by atoms with van der Waals surface area (Å²) in [7, 11) is 0. The van der Waals surface area contributed by atoms with Crippen molar-refractivity contribution in [3.05, 3.63) is 78.1 Å². The molecule has 0 aromatic heterocycles. The minimum absolute atomic E-state index is 0.0390. The molecule has 1 heterocycles. The molecule has 2 aromatic carbocycles. The molecule has 0 N–H and O–H groups in total. The van der Waals surface area contributed by atoms with Gasteiger partial charge in [0.1, 0.15) is 5.82 Å². The number of halogens is 1. The highest BCUT2D eigenvalue weighted by Gasteiger charge is 2.23. The molecule has 0 bridgehead atoms. The fourth-order valence-corrected chi connectivity index (χ4v) is 2.75. The number of rotatable bonds is 4. The predicted octanol–water partition coefficient (Wildman–Crippen LogP) is 3.74. The smallest absolute Gasteiger partial charge is 0.123 e. The Hall–Kier alpha value is -1.97. The summed E-state index contributed by atoms with van der Waals surface area (Å²) in [6, 6.07) is 16.9. The Morgan fingerprint density at radius 1 is 1.14 bits per heavy atom. The first kappa shape index (κ1) is 14.9. The molecule has 1 atom stereocenters. The molecule has 114 valence electrons. The Morgan fingerprint density at radius 3 is 2.59 bits per heavy atom. The average molecular weight is 297 g/mol. The van der Waals surface area contributed by atoms with Crippen molar-refractivity contribution in [1.29, 1.82) is 0 Å². The first-order chi connectivity index (χ1) is 10.7. The lowest BCUT2D eigenvalue weighted by molar-refractivity contribution is -0.00129. The highest BCUT2D eigenvalue weighted by atomic mass is 19.1. The van der Waals surface area contributed by atoms with Gasteiger partial charge in [-0.25, -0.2) is 4.39 Å². The first-order valence-corrected chi connectivity index (χ1v) is 7.55. The summed E-state index contributed by atoms with van der Waals surface area (Å²) in [5.74, 6) is -0.230. The van der Waals surface area contributed by atoms with Crippen LogP contribution in [0.25, 0.3) is 5.57 Å². The maximum Gasteiger partial charge on any atom is 0.123 e. The van der Waals surface area contributed by atoms with E-state index in [0.29, 0.717) is 6.61 Å². The van der Waals surface area contributed by atoms with Crippen molar-refractivity contribution in [1.82, 2.24) is 4.90 Å². The van der Waals surface area contributed by atoms with Crippen molar-refractivity contribution in [2.75, 3.05) is 19.7 Å². The predicted molar refractivity (Wildman–Crippen MR) is 86.9 cm³/mol. The second-order valence-electron chi connectivity index (χ2n) is 5.61. The van der Waals surface area contributed by atoms with Crippen LogP contribution < -0.4 is 0 Å². The van der Waals surface area contributed by atoms with Crippen LogP contribution in [0.15, 0.2) is 61.2 Å². The molecule has 3 rings (SSSR count). The van der Waals surface area contributed by atoms with Crippen LogP contribution in [-0.4, -0.2) is 30.7 Å². The molecule has 0 aliphatic carbocycles. The fourth-order valence-electron chi connectivity index (χ4n) is 2.75. The molecular weight excluding hydrogens is 277 g/mol. The molecule has 3 heteroatoms. The van der Waals surface area contributed by atoms with Gasteiger partial charge in [-0.2, -0.15) is 0 Å². The molecule has 0 radical (unpaired) electrons. The van der Waals surface area contributed by atoms with Gasteiger partial charge in [0.2, 0.25) is 0 Å². The van der Waals surface area contributed by atoms with Gasteiger partial charge in [0.25, 0.3) is 0 Å². The van der Waals surface area contributed by atoms with Gasteiger partial charge >= 0.3 is 0 Å². The van der Waals surface area contributed by atoms with Crippen molar-refractivity contribution in [2.24, 2.45) is 0 Å². The number of nitrogens with zero attached hydrogens (tertiary/aromatic N) is 1. The van der Waals surface area contributed by atoms with Crippen molar-refractivity contribution in [3.63, 3.8) is 0 Å². The molecule has 2 aromatic rings. The second-order valence-corrected chi connectivity index (χ2v) is 5.61. The lowest BCUT2D eigenvalue weighted by Crippen LogP contribution is -2.42. The van der Waals surface area contributed by atoms with Crippen molar-refractivity contribution in [2.45, 2.75) is 12.6 Å². The van der Waals surface area contributed by atoms with Crippen LogP contribution in [0.5, 0.6) is 0 Å². The average Bonchev–Trinajstić information content (AvgIpc) is 2.56. The van der Waals surface area contributed by atoms with Gasteiger partial charge in [-0.3, -0.25) is 4.90 Å². The number of morpholine rings is 1. The number of ether oxygens (including phenoxy) is 1. The molecule has 0 saturated carbocycles. The van der Waals surface area contributed by atoms with E-state index in [1.165, 1.54) is 17.7 Å². The highest BCUT2D eigenvalue weighted by molar-refractivity contribution is 5.67. The van der Waals surface area contributed by atoms with Gasteiger partial charge in [-0.05, 0) is 28.8 Å². The lowest BCUT2D eigenvalue weighted by Gasteiger charge is -2.34. The van der Waals surface area contributed by atoms with Gasteiger partial charge in [-0.1, -0.05) is 49.0 Å². The molecule has 1 saturated heterocycles. The standard InChI is InChI=1S/C19H20FNO/c1-15(17-7-9-18(20)10-8-17)19-14-21(11-12-22-19)13-16-5-3-2-4-6-16/h2-10,19H,1,11-14H2/t19-/m1/s1. The minimum atomic E-state index is -0.230. The normalized spacial score (nSPS) is 19.0. The zero-order valence-electron chi connectivity index (χ0n) is 12.5. The molecule has 1 fully saturated rings.